The van der Waals surface area contributed by atoms with Gasteiger partial charge in [0.05, 0.1) is 22.1 Å². The minimum Gasteiger partial charge on any atom is -0.292 e. The molecule has 0 N–H and O–H groups in total. The highest BCUT2D eigenvalue weighted by molar-refractivity contribution is 6.14. The molecule has 0 amide bonds. The number of hydrogen-bond acceptors (Lipinski definition) is 2. The number of aromatic nitrogens is 3. The third kappa shape index (κ3) is 4.98. The topological polar surface area (TPSA) is 30.7 Å². The van der Waals surface area contributed by atoms with Crippen molar-refractivity contribution in [3.8, 4) is 50.5 Å². The van der Waals surface area contributed by atoms with E-state index in [0.717, 1.165) is 61.4 Å². The van der Waals surface area contributed by atoms with Crippen molar-refractivity contribution in [3.63, 3.8) is 0 Å². The van der Waals surface area contributed by atoms with E-state index < -0.39 is 0 Å². The Morgan fingerprint density at radius 3 is 1.51 bits per heavy atom. The van der Waals surface area contributed by atoms with E-state index in [1.165, 1.54) is 32.7 Å². The van der Waals surface area contributed by atoms with Gasteiger partial charge in [-0.05, 0) is 74.5 Å². The molecule has 0 saturated heterocycles. The van der Waals surface area contributed by atoms with Crippen molar-refractivity contribution in [2.24, 2.45) is 0 Å². The molecule has 3 nitrogen and oxygen atoms in total. The van der Waals surface area contributed by atoms with Crippen LogP contribution in [0, 0.1) is 0 Å². The lowest BCUT2D eigenvalue weighted by molar-refractivity contribution is 1.08. The van der Waals surface area contributed by atoms with Crippen molar-refractivity contribution in [2.45, 2.75) is 0 Å². The summed E-state index contributed by atoms with van der Waals surface area (Å²) in [6.45, 7) is 0. The third-order valence-corrected chi connectivity index (χ3v) is 9.97. The second-order valence-electron chi connectivity index (χ2n) is 13.0. The average molecular weight is 650 g/mol. The van der Waals surface area contributed by atoms with Gasteiger partial charge in [0, 0.05) is 16.3 Å². The number of hydrogen-bond donors (Lipinski definition) is 0. The van der Waals surface area contributed by atoms with Crippen LogP contribution in [-0.4, -0.2) is 14.5 Å². The highest BCUT2D eigenvalue weighted by atomic mass is 15.1. The van der Waals surface area contributed by atoms with E-state index in [9.17, 15) is 0 Å². The van der Waals surface area contributed by atoms with Gasteiger partial charge in [0.1, 0.15) is 5.69 Å². The van der Waals surface area contributed by atoms with Crippen LogP contribution in [0.5, 0.6) is 0 Å². The zero-order valence-corrected chi connectivity index (χ0v) is 27.7. The van der Waals surface area contributed by atoms with E-state index in [-0.39, 0.29) is 0 Å². The number of para-hydroxylation sites is 1. The fourth-order valence-electron chi connectivity index (χ4n) is 7.49. The van der Waals surface area contributed by atoms with E-state index in [1.54, 1.807) is 0 Å². The van der Waals surface area contributed by atoms with Gasteiger partial charge < -0.3 is 0 Å². The highest BCUT2D eigenvalue weighted by Crippen LogP contribution is 2.40. The van der Waals surface area contributed by atoms with Crippen molar-refractivity contribution in [2.75, 3.05) is 0 Å². The maximum absolute atomic E-state index is 5.56. The van der Waals surface area contributed by atoms with E-state index in [4.69, 9.17) is 9.97 Å². The van der Waals surface area contributed by atoms with Crippen LogP contribution in [0.25, 0.3) is 94.1 Å². The second kappa shape index (κ2) is 11.9. The van der Waals surface area contributed by atoms with Crippen LogP contribution in [0.15, 0.2) is 188 Å². The molecule has 8 aromatic carbocycles. The van der Waals surface area contributed by atoms with Crippen LogP contribution in [0.1, 0.15) is 0 Å². The summed E-state index contributed by atoms with van der Waals surface area (Å²) in [6.07, 6.45) is 0. The van der Waals surface area contributed by atoms with Gasteiger partial charge in [0.25, 0.3) is 0 Å². The molecular formula is C48H31N3. The molecule has 0 unspecified atom stereocenters. The van der Waals surface area contributed by atoms with Crippen LogP contribution >= 0.6 is 0 Å². The summed E-state index contributed by atoms with van der Waals surface area (Å²) in [4.78, 5) is 11.0. The molecule has 0 aliphatic heterocycles. The van der Waals surface area contributed by atoms with Gasteiger partial charge >= 0.3 is 0 Å². The molecule has 2 aromatic heterocycles. The molecule has 0 radical (unpaired) electrons. The van der Waals surface area contributed by atoms with Crippen molar-refractivity contribution >= 4 is 43.6 Å². The molecule has 0 spiro atoms. The number of rotatable bonds is 5. The molecule has 0 aliphatic carbocycles. The van der Waals surface area contributed by atoms with Gasteiger partial charge in [-0.15, -0.1) is 0 Å². The van der Waals surface area contributed by atoms with E-state index >= 15 is 0 Å². The molecule has 51 heavy (non-hydrogen) atoms. The minimum atomic E-state index is 0.813. The Morgan fingerprint density at radius 1 is 0.333 bits per heavy atom. The Balaban J connectivity index is 1.27. The number of nitrogens with zero attached hydrogens (tertiary/aromatic N) is 3. The normalized spacial score (nSPS) is 11.5. The number of fused-ring (bicyclic) bond motifs is 5. The van der Waals surface area contributed by atoms with Gasteiger partial charge in [0.15, 0.2) is 5.82 Å². The van der Waals surface area contributed by atoms with Crippen LogP contribution < -0.4 is 0 Å². The first kappa shape index (κ1) is 29.1. The standard InChI is InChI=1S/C48H31N3/c1-4-14-32(15-5-1)33-24-26-35(27-25-33)41-31-44-43(30-40(41)34-16-6-2-7-17-34)49-47(36-18-8-3-9-19-36)48(50-44)51-45-23-13-12-22-39(45)42-28-37-20-10-11-21-38(37)29-46(42)51/h1-31H. The van der Waals surface area contributed by atoms with Gasteiger partial charge in [-0.2, -0.15) is 0 Å². The molecule has 0 fully saturated rings. The predicted molar refractivity (Wildman–Crippen MR) is 213 cm³/mol. The first-order valence-corrected chi connectivity index (χ1v) is 17.3. The summed E-state index contributed by atoms with van der Waals surface area (Å²) in [5.41, 5.74) is 12.7. The monoisotopic (exact) mass is 649 g/mol. The van der Waals surface area contributed by atoms with Crippen molar-refractivity contribution < 1.29 is 0 Å². The summed E-state index contributed by atoms with van der Waals surface area (Å²) in [5, 5.41) is 4.80. The molecule has 10 rings (SSSR count). The largest absolute Gasteiger partial charge is 0.292 e. The van der Waals surface area contributed by atoms with Crippen LogP contribution in [0.3, 0.4) is 0 Å². The lowest BCUT2D eigenvalue weighted by Gasteiger charge is -2.17. The lowest BCUT2D eigenvalue weighted by Crippen LogP contribution is -2.04. The third-order valence-electron chi connectivity index (χ3n) is 9.97. The summed E-state index contributed by atoms with van der Waals surface area (Å²) in [7, 11) is 0. The fraction of sp³-hybridized carbons (Fsp3) is 0. The summed E-state index contributed by atoms with van der Waals surface area (Å²) < 4.78 is 2.31. The van der Waals surface area contributed by atoms with Crippen LogP contribution in [0.4, 0.5) is 0 Å². The second-order valence-corrected chi connectivity index (χ2v) is 13.0. The molecule has 0 aliphatic rings. The maximum atomic E-state index is 5.56. The molecular weight excluding hydrogens is 619 g/mol. The quantitative estimate of drug-likeness (QED) is 0.186. The minimum absolute atomic E-state index is 0.813. The Morgan fingerprint density at radius 2 is 0.824 bits per heavy atom. The van der Waals surface area contributed by atoms with Crippen molar-refractivity contribution in [1.29, 1.82) is 0 Å². The summed E-state index contributed by atoms with van der Waals surface area (Å²) in [6, 6.07) is 66.7. The van der Waals surface area contributed by atoms with Gasteiger partial charge in [-0.3, -0.25) is 4.57 Å². The Bertz CT molecular complexity index is 2870. The Labute approximate surface area is 295 Å². The van der Waals surface area contributed by atoms with Gasteiger partial charge in [0.2, 0.25) is 0 Å². The average Bonchev–Trinajstić information content (AvgIpc) is 3.53. The lowest BCUT2D eigenvalue weighted by atomic mass is 9.92. The summed E-state index contributed by atoms with van der Waals surface area (Å²) in [5.74, 6) is 0.813. The van der Waals surface area contributed by atoms with Gasteiger partial charge in [-0.25, -0.2) is 9.97 Å². The van der Waals surface area contributed by atoms with Crippen molar-refractivity contribution in [1.82, 2.24) is 14.5 Å². The Hall–Kier alpha value is -6.84. The van der Waals surface area contributed by atoms with Crippen LogP contribution in [-0.2, 0) is 0 Å². The first-order valence-electron chi connectivity index (χ1n) is 17.3. The molecule has 3 heteroatoms. The fourth-order valence-corrected chi connectivity index (χ4v) is 7.49. The van der Waals surface area contributed by atoms with E-state index in [0.29, 0.717) is 0 Å². The maximum Gasteiger partial charge on any atom is 0.165 e. The van der Waals surface area contributed by atoms with E-state index in [2.05, 4.69) is 187 Å². The molecule has 238 valence electrons. The number of benzene rings is 8. The predicted octanol–water partition coefficient (Wildman–Crippen LogP) is 12.5. The van der Waals surface area contributed by atoms with Crippen molar-refractivity contribution in [3.05, 3.63) is 188 Å². The first-order chi connectivity index (χ1) is 25.3. The van der Waals surface area contributed by atoms with Crippen LogP contribution in [0.2, 0.25) is 0 Å². The molecule has 10 aromatic rings. The summed E-state index contributed by atoms with van der Waals surface area (Å²) >= 11 is 0. The zero-order valence-electron chi connectivity index (χ0n) is 27.7. The van der Waals surface area contributed by atoms with E-state index in [1.807, 2.05) is 6.07 Å². The molecule has 0 atom stereocenters. The SMILES string of the molecule is c1ccc(-c2ccc(-c3cc4nc(-n5c6ccccc6c6cc7ccccc7cc65)c(-c5ccccc5)nc4cc3-c3ccccc3)cc2)cc1. The Kier molecular flexibility index (Phi) is 6.81. The van der Waals surface area contributed by atoms with Gasteiger partial charge in [-0.1, -0.05) is 158 Å². The molecule has 0 bridgehead atoms. The molecule has 2 heterocycles. The molecule has 0 saturated carbocycles. The highest BCUT2D eigenvalue weighted by Gasteiger charge is 2.21. The zero-order chi connectivity index (χ0) is 33.7. The smallest absolute Gasteiger partial charge is 0.165 e.